The summed E-state index contributed by atoms with van der Waals surface area (Å²) in [7, 11) is -1.08. The molecule has 1 N–H and O–H groups in total. The van der Waals surface area contributed by atoms with Crippen LogP contribution in [0.5, 0.6) is 11.5 Å². The maximum Gasteiger partial charge on any atom is 0.263 e. The minimum Gasteiger partial charge on any atom is -0.495 e. The van der Waals surface area contributed by atoms with Crippen LogP contribution < -0.4 is 14.2 Å². The van der Waals surface area contributed by atoms with E-state index < -0.39 is 10.0 Å². The summed E-state index contributed by atoms with van der Waals surface area (Å²) in [6.45, 7) is 0. The number of nitrogens with one attached hydrogen (secondary N) is 1. The fourth-order valence-corrected chi connectivity index (χ4v) is 3.97. The Bertz CT molecular complexity index is 840. The molecule has 0 saturated carbocycles. The van der Waals surface area contributed by atoms with Gasteiger partial charge in [0.2, 0.25) is 0 Å². The largest absolute Gasteiger partial charge is 0.495 e. The van der Waals surface area contributed by atoms with Crippen LogP contribution in [-0.4, -0.2) is 22.6 Å². The van der Waals surface area contributed by atoms with Crippen LogP contribution in [0.1, 0.15) is 0 Å². The molecule has 124 valence electrons. The number of halogens is 3. The fraction of sp³-hybridized carbons (Fsp3) is 0.143. The molecule has 0 saturated heterocycles. The average molecular weight is 397 g/mol. The first-order valence-electron chi connectivity index (χ1n) is 6.18. The molecule has 0 spiro atoms. The lowest BCUT2D eigenvalue weighted by atomic mass is 10.3. The van der Waals surface area contributed by atoms with Crippen molar-refractivity contribution in [3.05, 3.63) is 45.4 Å². The Kier molecular flexibility index (Phi) is 5.52. The minimum absolute atomic E-state index is 0.0183. The van der Waals surface area contributed by atoms with Crippen molar-refractivity contribution in [1.82, 2.24) is 0 Å². The minimum atomic E-state index is -3.95. The van der Waals surface area contributed by atoms with Crippen LogP contribution in [0.2, 0.25) is 15.1 Å². The first-order valence-corrected chi connectivity index (χ1v) is 8.80. The average Bonchev–Trinajstić information content (AvgIpc) is 2.49. The number of anilines is 1. The van der Waals surface area contributed by atoms with Gasteiger partial charge in [0.1, 0.15) is 21.4 Å². The van der Waals surface area contributed by atoms with Gasteiger partial charge in [0.25, 0.3) is 10.0 Å². The SMILES string of the molecule is COc1ccc(NS(=O)(=O)c2ccc(OC)c(Cl)c2Cl)cc1Cl. The molecule has 0 atom stereocenters. The zero-order valence-corrected chi connectivity index (χ0v) is 15.1. The molecule has 0 heterocycles. The van der Waals surface area contributed by atoms with E-state index in [1.807, 2.05) is 0 Å². The van der Waals surface area contributed by atoms with Gasteiger partial charge in [-0.25, -0.2) is 8.42 Å². The Balaban J connectivity index is 2.40. The van der Waals surface area contributed by atoms with Crippen LogP contribution in [0.4, 0.5) is 5.69 Å². The van der Waals surface area contributed by atoms with Gasteiger partial charge in [0.15, 0.2) is 0 Å². The predicted octanol–water partition coefficient (Wildman–Crippen LogP) is 4.46. The molecule has 0 fully saturated rings. The summed E-state index contributed by atoms with van der Waals surface area (Å²) in [5, 5.41) is 0.162. The molecular formula is C14H12Cl3NO4S. The van der Waals surface area contributed by atoms with Crippen molar-refractivity contribution >= 4 is 50.5 Å². The van der Waals surface area contributed by atoms with Crippen LogP contribution in [0, 0.1) is 0 Å². The lowest BCUT2D eigenvalue weighted by Crippen LogP contribution is -2.13. The Morgan fingerprint density at radius 2 is 1.52 bits per heavy atom. The fourth-order valence-electron chi connectivity index (χ4n) is 1.82. The van der Waals surface area contributed by atoms with Crippen molar-refractivity contribution < 1.29 is 17.9 Å². The van der Waals surface area contributed by atoms with Gasteiger partial charge in [-0.2, -0.15) is 0 Å². The van der Waals surface area contributed by atoms with Gasteiger partial charge in [-0.05, 0) is 30.3 Å². The number of rotatable bonds is 5. The highest BCUT2D eigenvalue weighted by molar-refractivity contribution is 7.92. The molecule has 0 aromatic heterocycles. The van der Waals surface area contributed by atoms with E-state index in [-0.39, 0.29) is 31.4 Å². The molecule has 0 aliphatic heterocycles. The Morgan fingerprint density at radius 3 is 2.09 bits per heavy atom. The zero-order valence-electron chi connectivity index (χ0n) is 12.1. The van der Waals surface area contributed by atoms with Gasteiger partial charge >= 0.3 is 0 Å². The quantitative estimate of drug-likeness (QED) is 0.810. The van der Waals surface area contributed by atoms with Crippen LogP contribution in [0.15, 0.2) is 35.2 Å². The third-order valence-corrected chi connectivity index (χ3v) is 5.62. The van der Waals surface area contributed by atoms with E-state index in [1.54, 1.807) is 6.07 Å². The molecule has 5 nitrogen and oxygen atoms in total. The van der Waals surface area contributed by atoms with E-state index in [0.717, 1.165) is 0 Å². The predicted molar refractivity (Wildman–Crippen MR) is 91.8 cm³/mol. The summed E-state index contributed by atoms with van der Waals surface area (Å²) in [5.41, 5.74) is 0.263. The molecule has 2 aromatic rings. The highest BCUT2D eigenvalue weighted by atomic mass is 35.5. The molecule has 2 rings (SSSR count). The highest BCUT2D eigenvalue weighted by Crippen LogP contribution is 2.37. The Hall–Kier alpha value is -1.34. The number of benzene rings is 2. The first kappa shape index (κ1) is 18.0. The molecular weight excluding hydrogens is 385 g/mol. The number of hydrogen-bond acceptors (Lipinski definition) is 4. The lowest BCUT2D eigenvalue weighted by Gasteiger charge is -2.13. The lowest BCUT2D eigenvalue weighted by molar-refractivity contribution is 0.414. The van der Waals surface area contributed by atoms with Crippen molar-refractivity contribution in [3.8, 4) is 11.5 Å². The van der Waals surface area contributed by atoms with Crippen LogP contribution in [0.25, 0.3) is 0 Å². The second-order valence-electron chi connectivity index (χ2n) is 4.35. The number of ether oxygens (including phenoxy) is 2. The number of hydrogen-bond donors (Lipinski definition) is 1. The highest BCUT2D eigenvalue weighted by Gasteiger charge is 2.22. The molecule has 9 heteroatoms. The monoisotopic (exact) mass is 395 g/mol. The van der Waals surface area contributed by atoms with E-state index in [2.05, 4.69) is 4.72 Å². The zero-order chi connectivity index (χ0) is 17.2. The van der Waals surface area contributed by atoms with Crippen LogP contribution in [-0.2, 0) is 10.0 Å². The molecule has 2 aromatic carbocycles. The Labute approximate surface area is 149 Å². The third kappa shape index (κ3) is 3.77. The van der Waals surface area contributed by atoms with E-state index in [9.17, 15) is 8.42 Å². The maximum atomic E-state index is 12.5. The van der Waals surface area contributed by atoms with Crippen molar-refractivity contribution in [2.24, 2.45) is 0 Å². The summed E-state index contributed by atoms with van der Waals surface area (Å²) in [5.74, 6) is 0.711. The van der Waals surface area contributed by atoms with E-state index in [0.29, 0.717) is 5.75 Å². The number of methoxy groups -OCH3 is 2. The maximum absolute atomic E-state index is 12.5. The summed E-state index contributed by atoms with van der Waals surface area (Å²) in [4.78, 5) is -0.170. The molecule has 0 aliphatic carbocycles. The topological polar surface area (TPSA) is 64.6 Å². The standard InChI is InChI=1S/C14H12Cl3NO4S/c1-21-10-4-3-8(7-9(10)15)18-23(19,20)12-6-5-11(22-2)13(16)14(12)17/h3-7,18H,1-2H3. The summed E-state index contributed by atoms with van der Waals surface area (Å²) >= 11 is 18.0. The molecule has 0 radical (unpaired) electrons. The van der Waals surface area contributed by atoms with Crippen LogP contribution in [0.3, 0.4) is 0 Å². The molecule has 23 heavy (non-hydrogen) atoms. The normalized spacial score (nSPS) is 11.2. The van der Waals surface area contributed by atoms with Gasteiger partial charge in [-0.3, -0.25) is 4.72 Å². The van der Waals surface area contributed by atoms with E-state index in [1.165, 1.54) is 38.5 Å². The van der Waals surface area contributed by atoms with Crippen molar-refractivity contribution in [2.75, 3.05) is 18.9 Å². The molecule has 0 bridgehead atoms. The molecule has 0 amide bonds. The van der Waals surface area contributed by atoms with Gasteiger partial charge < -0.3 is 9.47 Å². The smallest absolute Gasteiger partial charge is 0.263 e. The molecule has 0 unspecified atom stereocenters. The van der Waals surface area contributed by atoms with Crippen molar-refractivity contribution in [1.29, 1.82) is 0 Å². The summed E-state index contributed by atoms with van der Waals surface area (Å²) in [6, 6.07) is 7.21. The van der Waals surface area contributed by atoms with Gasteiger partial charge in [-0.1, -0.05) is 34.8 Å². The van der Waals surface area contributed by atoms with Gasteiger partial charge in [0.05, 0.1) is 30.0 Å². The van der Waals surface area contributed by atoms with Crippen molar-refractivity contribution in [3.63, 3.8) is 0 Å². The molecule has 0 aliphatic rings. The second-order valence-corrected chi connectivity index (χ2v) is 7.16. The first-order chi connectivity index (χ1) is 10.8. The van der Waals surface area contributed by atoms with Gasteiger partial charge in [-0.15, -0.1) is 0 Å². The van der Waals surface area contributed by atoms with E-state index >= 15 is 0 Å². The Morgan fingerprint density at radius 1 is 0.913 bits per heavy atom. The second kappa shape index (κ2) is 7.05. The van der Waals surface area contributed by atoms with Crippen LogP contribution >= 0.6 is 34.8 Å². The van der Waals surface area contributed by atoms with Crippen molar-refractivity contribution in [2.45, 2.75) is 4.90 Å². The van der Waals surface area contributed by atoms with Gasteiger partial charge in [0, 0.05) is 0 Å². The summed E-state index contributed by atoms with van der Waals surface area (Å²) < 4.78 is 37.3. The number of sulfonamides is 1. The van der Waals surface area contributed by atoms with E-state index in [4.69, 9.17) is 44.3 Å². The summed E-state index contributed by atoms with van der Waals surface area (Å²) in [6.07, 6.45) is 0. The third-order valence-electron chi connectivity index (χ3n) is 2.92.